The van der Waals surface area contributed by atoms with Crippen molar-refractivity contribution in [3.8, 4) is 0 Å². The molecule has 0 fully saturated rings. The first-order valence-corrected chi connectivity index (χ1v) is 6.90. The molecule has 0 saturated carbocycles. The number of nitrogens with one attached hydrogen (secondary N) is 1. The van der Waals surface area contributed by atoms with Crippen molar-refractivity contribution in [1.29, 1.82) is 0 Å². The molecule has 0 aromatic carbocycles. The molecule has 0 aliphatic rings. The number of thiophene rings is 1. The summed E-state index contributed by atoms with van der Waals surface area (Å²) < 4.78 is 5.13. The number of thioether (sulfide) groups is 1. The summed E-state index contributed by atoms with van der Waals surface area (Å²) in [6.45, 7) is 0.830. The van der Waals surface area contributed by atoms with Gasteiger partial charge in [0.2, 0.25) is 0 Å². The summed E-state index contributed by atoms with van der Waals surface area (Å²) in [5.74, 6) is 0.856. The van der Waals surface area contributed by atoms with E-state index in [-0.39, 0.29) is 0 Å². The van der Waals surface area contributed by atoms with E-state index >= 15 is 0 Å². The van der Waals surface area contributed by atoms with E-state index in [1.807, 2.05) is 16.7 Å². The molecule has 74 valence electrons. The van der Waals surface area contributed by atoms with Crippen LogP contribution in [-0.2, 0) is 6.54 Å². The Balaban J connectivity index is 1.92. The summed E-state index contributed by atoms with van der Waals surface area (Å²) in [6, 6.07) is 4.29. The monoisotopic (exact) mass is 243 g/mol. The Morgan fingerprint density at radius 2 is 2.43 bits per heavy atom. The van der Waals surface area contributed by atoms with Crippen LogP contribution < -0.4 is 5.32 Å². The largest absolute Gasteiger partial charge is 0.363 e. The van der Waals surface area contributed by atoms with Crippen molar-refractivity contribution in [2.45, 2.75) is 10.8 Å². The van der Waals surface area contributed by atoms with Gasteiger partial charge in [0.05, 0.1) is 16.1 Å². The first kappa shape index (κ1) is 9.95. The highest BCUT2D eigenvalue weighted by atomic mass is 32.2. The van der Waals surface area contributed by atoms with Gasteiger partial charge in [0.15, 0.2) is 5.82 Å². The Labute approximate surface area is 94.7 Å². The molecule has 0 aliphatic heterocycles. The lowest BCUT2D eigenvalue weighted by atomic mass is 10.4. The van der Waals surface area contributed by atoms with Crippen LogP contribution in [0.4, 0.5) is 5.82 Å². The van der Waals surface area contributed by atoms with Crippen molar-refractivity contribution in [3.05, 3.63) is 22.4 Å². The van der Waals surface area contributed by atoms with Crippen molar-refractivity contribution in [2.75, 3.05) is 11.6 Å². The summed E-state index contributed by atoms with van der Waals surface area (Å²) in [7, 11) is 0. The molecule has 2 rings (SSSR count). The summed E-state index contributed by atoms with van der Waals surface area (Å²) >= 11 is 4.95. The molecule has 0 spiro atoms. The van der Waals surface area contributed by atoms with E-state index in [2.05, 4.69) is 33.3 Å². The van der Waals surface area contributed by atoms with Crippen molar-refractivity contribution >= 4 is 40.4 Å². The highest BCUT2D eigenvalue weighted by molar-refractivity contribution is 8.00. The van der Waals surface area contributed by atoms with Crippen molar-refractivity contribution in [1.82, 2.24) is 9.59 Å². The maximum Gasteiger partial charge on any atom is 0.161 e. The Morgan fingerprint density at radius 3 is 3.07 bits per heavy atom. The third kappa shape index (κ3) is 2.46. The topological polar surface area (TPSA) is 37.8 Å². The van der Waals surface area contributed by atoms with E-state index < -0.39 is 0 Å². The van der Waals surface area contributed by atoms with Gasteiger partial charge in [-0.1, -0.05) is 4.49 Å². The van der Waals surface area contributed by atoms with E-state index in [1.165, 1.54) is 20.6 Å². The van der Waals surface area contributed by atoms with Gasteiger partial charge in [-0.15, -0.1) is 28.2 Å². The molecule has 0 unspecified atom stereocenters. The van der Waals surface area contributed by atoms with Gasteiger partial charge in [0.25, 0.3) is 0 Å². The molecule has 6 heteroatoms. The molecule has 0 atom stereocenters. The van der Waals surface area contributed by atoms with Gasteiger partial charge in [0.1, 0.15) is 0 Å². The molecule has 0 saturated heterocycles. The summed E-state index contributed by atoms with van der Waals surface area (Å²) in [6.07, 6.45) is 2.09. The minimum atomic E-state index is 0.830. The van der Waals surface area contributed by atoms with Gasteiger partial charge < -0.3 is 5.32 Å². The van der Waals surface area contributed by atoms with Crippen LogP contribution >= 0.6 is 34.6 Å². The number of rotatable bonds is 4. The van der Waals surface area contributed by atoms with E-state index in [1.54, 1.807) is 11.8 Å². The minimum absolute atomic E-state index is 0.830. The number of hydrogen-bond acceptors (Lipinski definition) is 6. The summed E-state index contributed by atoms with van der Waals surface area (Å²) in [4.78, 5) is 1.32. The van der Waals surface area contributed by atoms with Gasteiger partial charge in [-0.05, 0) is 29.9 Å². The molecule has 3 nitrogen and oxygen atoms in total. The molecule has 0 bridgehead atoms. The molecule has 0 amide bonds. The number of anilines is 1. The lowest BCUT2D eigenvalue weighted by molar-refractivity contribution is 1.09. The van der Waals surface area contributed by atoms with E-state index in [9.17, 15) is 0 Å². The molecule has 14 heavy (non-hydrogen) atoms. The van der Waals surface area contributed by atoms with Gasteiger partial charge >= 0.3 is 0 Å². The van der Waals surface area contributed by atoms with E-state index in [0.29, 0.717) is 0 Å². The van der Waals surface area contributed by atoms with E-state index in [4.69, 9.17) is 0 Å². The van der Waals surface area contributed by atoms with Crippen molar-refractivity contribution < 1.29 is 0 Å². The fourth-order valence-electron chi connectivity index (χ4n) is 0.982. The van der Waals surface area contributed by atoms with Gasteiger partial charge in [-0.2, -0.15) is 0 Å². The normalized spacial score (nSPS) is 10.4. The lowest BCUT2D eigenvalue weighted by Crippen LogP contribution is -1.97. The highest BCUT2D eigenvalue weighted by Crippen LogP contribution is 2.25. The molecular weight excluding hydrogens is 234 g/mol. The maximum absolute atomic E-state index is 3.92. The molecule has 2 heterocycles. The second-order valence-corrected chi connectivity index (χ2v) is 5.45. The van der Waals surface area contributed by atoms with Crippen LogP contribution in [0.5, 0.6) is 0 Å². The molecular formula is C8H9N3S3. The van der Waals surface area contributed by atoms with Crippen molar-refractivity contribution in [3.63, 3.8) is 0 Å². The zero-order valence-electron chi connectivity index (χ0n) is 7.56. The Hall–Kier alpha value is -0.590. The molecule has 1 N–H and O–H groups in total. The number of hydrogen-bond donors (Lipinski definition) is 1. The van der Waals surface area contributed by atoms with Crippen LogP contribution in [-0.4, -0.2) is 15.8 Å². The predicted molar refractivity (Wildman–Crippen MR) is 63.3 cm³/mol. The van der Waals surface area contributed by atoms with Crippen LogP contribution in [0.1, 0.15) is 4.88 Å². The van der Waals surface area contributed by atoms with Crippen molar-refractivity contribution in [2.24, 2.45) is 0 Å². The van der Waals surface area contributed by atoms with Gasteiger partial charge in [-0.25, -0.2) is 0 Å². The first-order valence-electron chi connectivity index (χ1n) is 4.02. The smallest absolute Gasteiger partial charge is 0.161 e. The maximum atomic E-state index is 3.92. The summed E-state index contributed by atoms with van der Waals surface area (Å²) in [5, 5.41) is 9.04. The SMILES string of the molecule is CSc1ccc(CNc2csnn2)s1. The quantitative estimate of drug-likeness (QED) is 0.838. The van der Waals surface area contributed by atoms with Gasteiger partial charge in [-0.3, -0.25) is 0 Å². The third-order valence-electron chi connectivity index (χ3n) is 1.64. The zero-order chi connectivity index (χ0) is 9.80. The Kier molecular flexibility index (Phi) is 3.39. The first-order chi connectivity index (χ1) is 6.88. The van der Waals surface area contributed by atoms with E-state index in [0.717, 1.165) is 12.4 Å². The Morgan fingerprint density at radius 1 is 1.50 bits per heavy atom. The fraction of sp³-hybridized carbons (Fsp3) is 0.250. The van der Waals surface area contributed by atoms with Crippen LogP contribution in [0.25, 0.3) is 0 Å². The van der Waals surface area contributed by atoms with Crippen LogP contribution in [0.3, 0.4) is 0 Å². The minimum Gasteiger partial charge on any atom is -0.363 e. The second kappa shape index (κ2) is 4.77. The number of aromatic nitrogens is 2. The fourth-order valence-corrected chi connectivity index (χ4v) is 2.93. The second-order valence-electron chi connectivity index (χ2n) is 2.57. The van der Waals surface area contributed by atoms with Gasteiger partial charge in [0, 0.05) is 4.88 Å². The standard InChI is InChI=1S/C8H9N3S3/c1-12-8-3-2-6(14-8)4-9-7-5-13-11-10-7/h2-3,5,9H,4H2,1H3. The number of nitrogens with zero attached hydrogens (tertiary/aromatic N) is 2. The van der Waals surface area contributed by atoms with Crippen LogP contribution in [0.2, 0.25) is 0 Å². The Bertz CT molecular complexity index is 382. The highest BCUT2D eigenvalue weighted by Gasteiger charge is 1.99. The van der Waals surface area contributed by atoms with Crippen LogP contribution in [0, 0.1) is 0 Å². The summed E-state index contributed by atoms with van der Waals surface area (Å²) in [5.41, 5.74) is 0. The molecule has 0 radical (unpaired) electrons. The third-order valence-corrected chi connectivity index (χ3v) is 4.31. The van der Waals surface area contributed by atoms with Crippen LogP contribution in [0.15, 0.2) is 21.7 Å². The predicted octanol–water partition coefficient (Wildman–Crippen LogP) is 2.93. The lowest BCUT2D eigenvalue weighted by Gasteiger charge is -1.97. The molecule has 2 aromatic heterocycles. The molecule has 0 aliphatic carbocycles. The zero-order valence-corrected chi connectivity index (χ0v) is 10.0. The average molecular weight is 243 g/mol. The average Bonchev–Trinajstić information content (AvgIpc) is 2.86. The molecule has 2 aromatic rings.